The molecule has 0 radical (unpaired) electrons. The maximum absolute atomic E-state index is 13.1. The predicted octanol–water partition coefficient (Wildman–Crippen LogP) is 4.00. The van der Waals surface area contributed by atoms with Crippen LogP contribution in [0.15, 0.2) is 71.6 Å². The van der Waals surface area contributed by atoms with Crippen molar-refractivity contribution in [2.24, 2.45) is 0 Å². The molecule has 0 aliphatic carbocycles. The Labute approximate surface area is 195 Å². The van der Waals surface area contributed by atoms with E-state index in [1.807, 2.05) is 36.4 Å². The van der Waals surface area contributed by atoms with Gasteiger partial charge in [-0.1, -0.05) is 30.3 Å². The highest BCUT2D eigenvalue weighted by Crippen LogP contribution is 2.36. The summed E-state index contributed by atoms with van der Waals surface area (Å²) in [6.07, 6.45) is 0. The van der Waals surface area contributed by atoms with E-state index in [0.717, 1.165) is 29.8 Å². The summed E-state index contributed by atoms with van der Waals surface area (Å²) in [5.74, 6) is 1.36. The first kappa shape index (κ1) is 23.1. The van der Waals surface area contributed by atoms with Gasteiger partial charge in [-0.2, -0.15) is 0 Å². The van der Waals surface area contributed by atoms with Gasteiger partial charge in [0.25, 0.3) is 10.0 Å². The van der Waals surface area contributed by atoms with E-state index in [9.17, 15) is 8.42 Å². The quantitative estimate of drug-likeness (QED) is 0.539. The number of rotatable bonds is 8. The molecule has 1 fully saturated rings. The van der Waals surface area contributed by atoms with Crippen LogP contribution in [-0.4, -0.2) is 53.8 Å². The molecule has 3 aromatic carbocycles. The van der Waals surface area contributed by atoms with Crippen LogP contribution in [0.2, 0.25) is 0 Å². The van der Waals surface area contributed by atoms with Gasteiger partial charge in [0.1, 0.15) is 11.5 Å². The van der Waals surface area contributed by atoms with Crippen LogP contribution in [-0.2, 0) is 21.3 Å². The summed E-state index contributed by atoms with van der Waals surface area (Å²) in [7, 11) is -0.537. The van der Waals surface area contributed by atoms with Crippen LogP contribution in [0.5, 0.6) is 11.5 Å². The average molecular weight is 469 g/mol. The van der Waals surface area contributed by atoms with E-state index in [0.29, 0.717) is 36.9 Å². The first-order valence-electron chi connectivity index (χ1n) is 10.7. The smallest absolute Gasteiger partial charge is 0.261 e. The molecule has 0 atom stereocenters. The SMILES string of the molecule is COc1ccc(OC)c(-c2ccc(CN3CCOCC3)c(NS(=O)(=O)c3ccccc3)c2)c1. The van der Waals surface area contributed by atoms with Gasteiger partial charge in [-0.25, -0.2) is 8.42 Å². The molecule has 1 N–H and O–H groups in total. The molecule has 1 heterocycles. The predicted molar refractivity (Wildman–Crippen MR) is 128 cm³/mol. The van der Waals surface area contributed by atoms with Gasteiger partial charge >= 0.3 is 0 Å². The fourth-order valence-electron chi connectivity index (χ4n) is 3.82. The third kappa shape index (κ3) is 5.47. The lowest BCUT2D eigenvalue weighted by Crippen LogP contribution is -2.35. The van der Waals surface area contributed by atoms with E-state index in [2.05, 4.69) is 9.62 Å². The van der Waals surface area contributed by atoms with E-state index in [1.54, 1.807) is 44.6 Å². The Morgan fingerprint density at radius 1 is 0.939 bits per heavy atom. The summed E-state index contributed by atoms with van der Waals surface area (Å²) in [4.78, 5) is 2.47. The first-order valence-corrected chi connectivity index (χ1v) is 12.2. The van der Waals surface area contributed by atoms with Crippen LogP contribution in [0.4, 0.5) is 5.69 Å². The summed E-state index contributed by atoms with van der Waals surface area (Å²) in [5, 5.41) is 0. The molecule has 3 aromatic rings. The Kier molecular flexibility index (Phi) is 7.17. The Morgan fingerprint density at radius 2 is 1.70 bits per heavy atom. The van der Waals surface area contributed by atoms with Crippen LogP contribution >= 0.6 is 0 Å². The summed E-state index contributed by atoms with van der Waals surface area (Å²) < 4.78 is 45.4. The molecule has 7 nitrogen and oxygen atoms in total. The number of morpholine rings is 1. The van der Waals surface area contributed by atoms with Crippen LogP contribution in [0, 0.1) is 0 Å². The van der Waals surface area contributed by atoms with Gasteiger partial charge in [0.2, 0.25) is 0 Å². The lowest BCUT2D eigenvalue weighted by molar-refractivity contribution is 0.0343. The highest BCUT2D eigenvalue weighted by atomic mass is 32.2. The van der Waals surface area contributed by atoms with Crippen molar-refractivity contribution in [3.63, 3.8) is 0 Å². The van der Waals surface area contributed by atoms with E-state index in [1.165, 1.54) is 0 Å². The monoisotopic (exact) mass is 468 g/mol. The molecule has 8 heteroatoms. The van der Waals surface area contributed by atoms with Crippen LogP contribution in [0.3, 0.4) is 0 Å². The number of hydrogen-bond donors (Lipinski definition) is 1. The number of sulfonamides is 1. The van der Waals surface area contributed by atoms with Crippen molar-refractivity contribution >= 4 is 15.7 Å². The second-order valence-corrected chi connectivity index (χ2v) is 9.43. The zero-order valence-electron chi connectivity index (χ0n) is 18.8. The maximum atomic E-state index is 13.1. The number of benzene rings is 3. The minimum atomic E-state index is -3.75. The Hall–Kier alpha value is -3.07. The zero-order chi connectivity index (χ0) is 23.3. The minimum absolute atomic E-state index is 0.215. The first-order chi connectivity index (χ1) is 16.0. The number of nitrogens with zero attached hydrogens (tertiary/aromatic N) is 1. The molecule has 0 bridgehead atoms. The molecule has 0 aromatic heterocycles. The van der Waals surface area contributed by atoms with Gasteiger partial charge in [-0.15, -0.1) is 0 Å². The topological polar surface area (TPSA) is 77.1 Å². The standard InChI is InChI=1S/C25H28N2O5S/c1-30-21-10-11-25(31-2)23(17-21)19-8-9-20(18-27-12-14-32-15-13-27)24(16-19)26-33(28,29)22-6-4-3-5-7-22/h3-11,16-17,26H,12-15,18H2,1-2H3. The van der Waals surface area contributed by atoms with Gasteiger partial charge in [0.15, 0.2) is 0 Å². The second kappa shape index (κ2) is 10.2. The van der Waals surface area contributed by atoms with Crippen LogP contribution < -0.4 is 14.2 Å². The molecule has 1 aliphatic rings. The van der Waals surface area contributed by atoms with Crippen molar-refractivity contribution in [2.45, 2.75) is 11.4 Å². The van der Waals surface area contributed by atoms with E-state index < -0.39 is 10.0 Å². The van der Waals surface area contributed by atoms with E-state index in [4.69, 9.17) is 14.2 Å². The molecule has 0 saturated carbocycles. The molecule has 1 saturated heterocycles. The molecule has 4 rings (SSSR count). The molecule has 0 amide bonds. The molecule has 174 valence electrons. The number of ether oxygens (including phenoxy) is 3. The van der Waals surface area contributed by atoms with E-state index in [-0.39, 0.29) is 4.90 Å². The Balaban J connectivity index is 1.75. The molecule has 0 spiro atoms. The van der Waals surface area contributed by atoms with Crippen LogP contribution in [0.25, 0.3) is 11.1 Å². The van der Waals surface area contributed by atoms with Gasteiger partial charge in [0, 0.05) is 25.2 Å². The highest BCUT2D eigenvalue weighted by molar-refractivity contribution is 7.92. The molecular formula is C25H28N2O5S. The molecule has 1 aliphatic heterocycles. The summed E-state index contributed by atoms with van der Waals surface area (Å²) in [6.45, 7) is 3.56. The normalized spacial score (nSPS) is 14.6. The maximum Gasteiger partial charge on any atom is 0.261 e. The van der Waals surface area contributed by atoms with Gasteiger partial charge in [-0.3, -0.25) is 9.62 Å². The average Bonchev–Trinajstić information content (AvgIpc) is 2.85. The van der Waals surface area contributed by atoms with Gasteiger partial charge in [0.05, 0.1) is 38.0 Å². The summed E-state index contributed by atoms with van der Waals surface area (Å²) in [5.41, 5.74) is 3.06. The summed E-state index contributed by atoms with van der Waals surface area (Å²) in [6, 6.07) is 19.7. The van der Waals surface area contributed by atoms with Gasteiger partial charge in [-0.05, 0) is 47.5 Å². The molecule has 0 unspecified atom stereocenters. The van der Waals surface area contributed by atoms with Crippen molar-refractivity contribution < 1.29 is 22.6 Å². The van der Waals surface area contributed by atoms with E-state index >= 15 is 0 Å². The molecule has 33 heavy (non-hydrogen) atoms. The third-order valence-electron chi connectivity index (χ3n) is 5.62. The lowest BCUT2D eigenvalue weighted by Gasteiger charge is -2.27. The minimum Gasteiger partial charge on any atom is -0.497 e. The van der Waals surface area contributed by atoms with Crippen molar-refractivity contribution in [2.75, 3.05) is 45.2 Å². The van der Waals surface area contributed by atoms with Gasteiger partial charge < -0.3 is 14.2 Å². The van der Waals surface area contributed by atoms with Crippen LogP contribution in [0.1, 0.15) is 5.56 Å². The number of hydrogen-bond acceptors (Lipinski definition) is 6. The summed E-state index contributed by atoms with van der Waals surface area (Å²) >= 11 is 0. The Morgan fingerprint density at radius 3 is 2.39 bits per heavy atom. The Bertz CT molecular complexity index is 1190. The number of nitrogens with one attached hydrogen (secondary N) is 1. The third-order valence-corrected chi connectivity index (χ3v) is 7.00. The molecular weight excluding hydrogens is 440 g/mol. The lowest BCUT2D eigenvalue weighted by atomic mass is 10.0. The number of anilines is 1. The highest BCUT2D eigenvalue weighted by Gasteiger charge is 2.19. The van der Waals surface area contributed by atoms with Crippen molar-refractivity contribution in [1.82, 2.24) is 4.90 Å². The largest absolute Gasteiger partial charge is 0.497 e. The van der Waals surface area contributed by atoms with Crippen molar-refractivity contribution in [1.29, 1.82) is 0 Å². The fourth-order valence-corrected chi connectivity index (χ4v) is 4.93. The van der Waals surface area contributed by atoms with Crippen molar-refractivity contribution in [3.8, 4) is 22.6 Å². The zero-order valence-corrected chi connectivity index (χ0v) is 19.6. The second-order valence-electron chi connectivity index (χ2n) is 7.75. The fraction of sp³-hybridized carbons (Fsp3) is 0.280. The van der Waals surface area contributed by atoms with Crippen molar-refractivity contribution in [3.05, 3.63) is 72.3 Å². The number of methoxy groups -OCH3 is 2.